The number of alkyl halides is 3. The highest BCUT2D eigenvalue weighted by Crippen LogP contribution is 2.47. The Morgan fingerprint density at radius 1 is 1.11 bits per heavy atom. The molecule has 1 heterocycles. The Morgan fingerprint density at radius 2 is 1.84 bits per heavy atom. The number of aromatic nitrogens is 1. The van der Waals surface area contributed by atoms with Crippen molar-refractivity contribution in [2.45, 2.75) is 31.0 Å². The number of ether oxygens (including phenoxy) is 1. The van der Waals surface area contributed by atoms with Crippen molar-refractivity contribution in [3.63, 3.8) is 0 Å². The monoisotopic (exact) mass is 524 g/mol. The molecule has 1 aliphatic carbocycles. The molecule has 0 spiro atoms. The molecule has 0 unspecified atom stereocenters. The van der Waals surface area contributed by atoms with E-state index in [0.717, 1.165) is 6.07 Å². The molecule has 1 aromatic heterocycles. The maximum Gasteiger partial charge on any atom is 0.416 e. The zero-order chi connectivity index (χ0) is 27.5. The van der Waals surface area contributed by atoms with Gasteiger partial charge in [0.15, 0.2) is 0 Å². The number of amides is 2. The molecule has 0 radical (unpaired) electrons. The summed E-state index contributed by atoms with van der Waals surface area (Å²) in [7, 11) is 3.37. The van der Waals surface area contributed by atoms with E-state index in [0.29, 0.717) is 35.6 Å². The predicted molar refractivity (Wildman–Crippen MR) is 137 cm³/mol. The van der Waals surface area contributed by atoms with Crippen molar-refractivity contribution in [1.29, 1.82) is 0 Å². The van der Waals surface area contributed by atoms with E-state index in [1.807, 2.05) is 0 Å². The Labute approximate surface area is 218 Å². The quantitative estimate of drug-likeness (QED) is 0.379. The third-order valence-corrected chi connectivity index (χ3v) is 6.13. The van der Waals surface area contributed by atoms with E-state index in [-0.39, 0.29) is 17.8 Å². The van der Waals surface area contributed by atoms with Gasteiger partial charge in [0.2, 0.25) is 11.8 Å². The van der Waals surface area contributed by atoms with Gasteiger partial charge in [-0.05, 0) is 74.5 Å². The number of hydrogen-bond donors (Lipinski definition) is 2. The van der Waals surface area contributed by atoms with E-state index < -0.39 is 29.0 Å². The largest absolute Gasteiger partial charge is 0.457 e. The van der Waals surface area contributed by atoms with Gasteiger partial charge in [-0.25, -0.2) is 0 Å². The van der Waals surface area contributed by atoms with Crippen molar-refractivity contribution in [3.05, 3.63) is 89.3 Å². The van der Waals surface area contributed by atoms with Gasteiger partial charge in [0, 0.05) is 30.6 Å². The third kappa shape index (κ3) is 6.38. The van der Waals surface area contributed by atoms with Gasteiger partial charge >= 0.3 is 6.18 Å². The summed E-state index contributed by atoms with van der Waals surface area (Å²) in [6, 6.07) is 14.0. The van der Waals surface area contributed by atoms with Gasteiger partial charge < -0.3 is 20.7 Å². The first-order valence-electron chi connectivity index (χ1n) is 11.8. The molecule has 38 heavy (non-hydrogen) atoms. The van der Waals surface area contributed by atoms with Gasteiger partial charge in [-0.3, -0.25) is 14.6 Å². The van der Waals surface area contributed by atoms with Gasteiger partial charge in [-0.15, -0.1) is 0 Å². The van der Waals surface area contributed by atoms with Crippen molar-refractivity contribution >= 4 is 23.6 Å². The molecule has 7 nitrogen and oxygen atoms in total. The molecule has 10 heteroatoms. The lowest BCUT2D eigenvalue weighted by atomic mass is 10.0. The second-order valence-corrected chi connectivity index (χ2v) is 9.43. The normalized spacial score (nSPS) is 14.5. The van der Waals surface area contributed by atoms with Crippen molar-refractivity contribution in [2.24, 2.45) is 5.73 Å². The van der Waals surface area contributed by atoms with Gasteiger partial charge in [-0.1, -0.05) is 18.2 Å². The molecular formula is C28H27F3N4O3. The molecule has 198 valence electrons. The van der Waals surface area contributed by atoms with Crippen LogP contribution in [0.4, 0.5) is 18.9 Å². The Balaban J connectivity index is 1.43. The van der Waals surface area contributed by atoms with Crippen LogP contribution in [-0.4, -0.2) is 35.8 Å². The van der Waals surface area contributed by atoms with Crippen LogP contribution < -0.4 is 15.8 Å². The van der Waals surface area contributed by atoms with Gasteiger partial charge in [0.1, 0.15) is 11.5 Å². The summed E-state index contributed by atoms with van der Waals surface area (Å²) in [5.74, 6) is -0.0176. The summed E-state index contributed by atoms with van der Waals surface area (Å²) >= 11 is 0. The highest BCUT2D eigenvalue weighted by molar-refractivity contribution is 6.02. The average Bonchev–Trinajstić information content (AvgIpc) is 3.66. The van der Waals surface area contributed by atoms with E-state index >= 15 is 0 Å². The maximum absolute atomic E-state index is 13.5. The van der Waals surface area contributed by atoms with Crippen LogP contribution in [0.2, 0.25) is 0 Å². The smallest absolute Gasteiger partial charge is 0.416 e. The van der Waals surface area contributed by atoms with E-state index in [1.54, 1.807) is 61.6 Å². The lowest BCUT2D eigenvalue weighted by Gasteiger charge is -2.17. The van der Waals surface area contributed by atoms with Crippen LogP contribution in [0.25, 0.3) is 6.08 Å². The van der Waals surface area contributed by atoms with E-state index in [4.69, 9.17) is 10.5 Å². The van der Waals surface area contributed by atoms with Crippen LogP contribution in [0.3, 0.4) is 0 Å². The van der Waals surface area contributed by atoms with Crippen LogP contribution in [0, 0.1) is 0 Å². The first-order valence-corrected chi connectivity index (χ1v) is 11.8. The third-order valence-electron chi connectivity index (χ3n) is 6.13. The number of rotatable bonds is 9. The molecule has 2 aromatic carbocycles. The van der Waals surface area contributed by atoms with Crippen LogP contribution in [0.15, 0.2) is 66.9 Å². The minimum Gasteiger partial charge on any atom is -0.457 e. The molecule has 3 N–H and O–H groups in total. The van der Waals surface area contributed by atoms with E-state index in [1.165, 1.54) is 24.3 Å². The molecule has 0 aliphatic heterocycles. The SMILES string of the molecule is CN(C)Cc1ccc(NC(=O)/C=C/c2cccc(Oc3ccnc(C4(C(N)=O)CC4)c3)c2)cc1C(F)(F)F. The Kier molecular flexibility index (Phi) is 7.54. The number of pyridine rings is 1. The second-order valence-electron chi connectivity index (χ2n) is 9.43. The molecule has 0 atom stereocenters. The molecule has 4 rings (SSSR count). The molecule has 0 saturated heterocycles. The van der Waals surface area contributed by atoms with Gasteiger partial charge in [0.05, 0.1) is 16.7 Å². The Bertz CT molecular complexity index is 1380. The summed E-state index contributed by atoms with van der Waals surface area (Å²) in [6.07, 6.45) is 1.07. The Hall–Kier alpha value is -4.18. The number of primary amides is 1. The molecule has 1 fully saturated rings. The number of carbonyl (C=O) groups excluding carboxylic acids is 2. The number of hydrogen-bond acceptors (Lipinski definition) is 5. The first kappa shape index (κ1) is 26.9. The maximum atomic E-state index is 13.5. The topological polar surface area (TPSA) is 97.6 Å². The minimum absolute atomic E-state index is 0.0458. The van der Waals surface area contributed by atoms with Crippen molar-refractivity contribution in [2.75, 3.05) is 19.4 Å². The fraction of sp³-hybridized carbons (Fsp3) is 0.250. The van der Waals surface area contributed by atoms with Gasteiger partial charge in [0.25, 0.3) is 0 Å². The summed E-state index contributed by atoms with van der Waals surface area (Å²) in [5.41, 5.74) is 5.38. The first-order chi connectivity index (χ1) is 18.0. The highest BCUT2D eigenvalue weighted by atomic mass is 19.4. The number of carbonyl (C=O) groups is 2. The number of nitrogens with one attached hydrogen (secondary N) is 1. The van der Waals surface area contributed by atoms with Crippen molar-refractivity contribution < 1.29 is 27.5 Å². The predicted octanol–water partition coefficient (Wildman–Crippen LogP) is 5.12. The molecule has 1 aliphatic rings. The molecule has 0 bridgehead atoms. The average molecular weight is 525 g/mol. The number of halogens is 3. The number of nitrogens with two attached hydrogens (primary N) is 1. The second kappa shape index (κ2) is 10.7. The van der Waals surface area contributed by atoms with Gasteiger partial charge in [-0.2, -0.15) is 13.2 Å². The van der Waals surface area contributed by atoms with Crippen LogP contribution in [0.1, 0.15) is 35.2 Å². The molecule has 2 amide bonds. The molecule has 3 aromatic rings. The van der Waals surface area contributed by atoms with Crippen LogP contribution in [-0.2, 0) is 27.7 Å². The van der Waals surface area contributed by atoms with E-state index in [2.05, 4.69) is 10.3 Å². The lowest BCUT2D eigenvalue weighted by Crippen LogP contribution is -2.29. The van der Waals surface area contributed by atoms with Crippen LogP contribution in [0.5, 0.6) is 11.5 Å². The minimum atomic E-state index is -4.54. The standard InChI is InChI=1S/C28H27F3N4O3/c1-35(2)17-19-7-8-20(15-23(19)28(29,30)31)34-25(36)9-6-18-4-3-5-21(14-18)38-22-10-13-33-24(16-22)27(11-12-27)26(32)37/h3-10,13-16H,11-12,17H2,1-2H3,(H2,32,37)(H,34,36)/b9-6+. The zero-order valence-electron chi connectivity index (χ0n) is 20.9. The Morgan fingerprint density at radius 3 is 2.50 bits per heavy atom. The lowest BCUT2D eigenvalue weighted by molar-refractivity contribution is -0.138. The highest BCUT2D eigenvalue weighted by Gasteiger charge is 2.51. The summed E-state index contributed by atoms with van der Waals surface area (Å²) < 4.78 is 46.5. The molecular weight excluding hydrogens is 497 g/mol. The summed E-state index contributed by atoms with van der Waals surface area (Å²) in [4.78, 5) is 30.1. The van der Waals surface area contributed by atoms with E-state index in [9.17, 15) is 22.8 Å². The number of benzene rings is 2. The number of nitrogens with zero attached hydrogens (tertiary/aromatic N) is 2. The van der Waals surface area contributed by atoms with Crippen LogP contribution >= 0.6 is 0 Å². The fourth-order valence-corrected chi connectivity index (χ4v) is 4.06. The number of anilines is 1. The van der Waals surface area contributed by atoms with Crippen molar-refractivity contribution in [1.82, 2.24) is 9.88 Å². The summed E-state index contributed by atoms with van der Waals surface area (Å²) in [5, 5.41) is 2.48. The molecule has 1 saturated carbocycles. The fourth-order valence-electron chi connectivity index (χ4n) is 4.06. The zero-order valence-corrected chi connectivity index (χ0v) is 20.9. The summed E-state index contributed by atoms with van der Waals surface area (Å²) in [6.45, 7) is 0.119. The van der Waals surface area contributed by atoms with Crippen molar-refractivity contribution in [3.8, 4) is 11.5 Å².